The topological polar surface area (TPSA) is 42.1 Å². The number of fused-ring (bicyclic) bond motifs is 3. The smallest absolute Gasteiger partial charge is 0.311 e. The van der Waals surface area contributed by atoms with E-state index in [0.29, 0.717) is 0 Å². The van der Waals surface area contributed by atoms with Crippen LogP contribution in [0, 0.1) is 11.8 Å². The fourth-order valence-electron chi connectivity index (χ4n) is 4.61. The Morgan fingerprint density at radius 1 is 1.36 bits per heavy atom. The summed E-state index contributed by atoms with van der Waals surface area (Å²) in [5.41, 5.74) is 1.34. The van der Waals surface area contributed by atoms with E-state index in [0.717, 1.165) is 38.8 Å². The normalized spacial score (nSPS) is 40.0. The first-order chi connectivity index (χ1) is 11.9. The summed E-state index contributed by atoms with van der Waals surface area (Å²) >= 11 is 0. The van der Waals surface area contributed by atoms with Crippen molar-refractivity contribution in [2.24, 2.45) is 11.8 Å². The maximum atomic E-state index is 12.6. The highest BCUT2D eigenvalue weighted by atomic mass is 16.6. The van der Waals surface area contributed by atoms with Crippen molar-refractivity contribution in [2.45, 2.75) is 83.5 Å². The molecule has 0 aromatic carbocycles. The molecule has 2 aliphatic heterocycles. The van der Waals surface area contributed by atoms with Gasteiger partial charge in [-0.3, -0.25) is 4.79 Å². The lowest BCUT2D eigenvalue weighted by atomic mass is 9.80. The lowest BCUT2D eigenvalue weighted by Gasteiger charge is -2.25. The quantitative estimate of drug-likeness (QED) is 0.315. The van der Waals surface area contributed by atoms with Crippen LogP contribution in [0.1, 0.15) is 65.7 Å². The van der Waals surface area contributed by atoms with Gasteiger partial charge in [0.1, 0.15) is 12.2 Å². The van der Waals surface area contributed by atoms with E-state index in [4.69, 9.17) is 9.47 Å². The molecule has 0 amide bonds. The number of carbonyl (C=O) groups is 1. The van der Waals surface area contributed by atoms with Gasteiger partial charge in [0.2, 0.25) is 0 Å². The average molecular weight is 350 g/mol. The van der Waals surface area contributed by atoms with E-state index in [2.05, 4.69) is 38.8 Å². The average Bonchev–Trinajstić information content (AvgIpc) is 3.13. The lowest BCUT2D eigenvalue weighted by molar-refractivity contribution is -0.145. The number of allylic oxidation sites excluding steroid dienone is 2. The van der Waals surface area contributed by atoms with Gasteiger partial charge in [-0.15, -0.1) is 0 Å². The molecule has 4 heteroatoms. The maximum absolute atomic E-state index is 12.6. The van der Waals surface area contributed by atoms with Crippen molar-refractivity contribution in [2.75, 3.05) is 20.1 Å². The summed E-state index contributed by atoms with van der Waals surface area (Å²) in [5.74, 6) is 0.280. The molecule has 1 aliphatic carbocycles. The van der Waals surface area contributed by atoms with Gasteiger partial charge in [-0.05, 0) is 59.5 Å². The highest BCUT2D eigenvalue weighted by Crippen LogP contribution is 2.50. The third-order valence-corrected chi connectivity index (χ3v) is 6.39. The first-order valence-corrected chi connectivity index (χ1v) is 10.2. The van der Waals surface area contributed by atoms with Gasteiger partial charge in [0, 0.05) is 12.5 Å². The van der Waals surface area contributed by atoms with E-state index in [1.54, 1.807) is 0 Å². The van der Waals surface area contributed by atoms with Crippen molar-refractivity contribution >= 4 is 5.97 Å². The Hall–Kier alpha value is -0.870. The molecule has 0 unspecified atom stereocenters. The van der Waals surface area contributed by atoms with Crippen LogP contribution in [0.4, 0.5) is 0 Å². The summed E-state index contributed by atoms with van der Waals surface area (Å²) in [6.07, 6.45) is 10.3. The van der Waals surface area contributed by atoms with E-state index in [1.807, 2.05) is 0 Å². The highest BCUT2D eigenvalue weighted by molar-refractivity contribution is 5.75. The van der Waals surface area contributed by atoms with Crippen LogP contribution in [-0.4, -0.2) is 48.8 Å². The van der Waals surface area contributed by atoms with Gasteiger partial charge in [0.15, 0.2) is 0 Å². The van der Waals surface area contributed by atoms with Crippen LogP contribution in [0.3, 0.4) is 0 Å². The van der Waals surface area contributed by atoms with Crippen molar-refractivity contribution in [3.8, 4) is 0 Å². The molecule has 2 heterocycles. The zero-order valence-electron chi connectivity index (χ0n) is 16.4. The van der Waals surface area contributed by atoms with E-state index < -0.39 is 0 Å². The zero-order chi connectivity index (χ0) is 18.0. The molecule has 25 heavy (non-hydrogen) atoms. The standard InChI is InChI=1S/C21H35NO3/c1-5-6-7-13-22(4)14-17-16-11-10-15(2)9-8-12-21(3)19(25-21)18(16)24-20(17)23/h9,16-19H,5-8,10-14H2,1-4H3/b15-9-/t16-,17-,18-,19-,21+/m0/s1. The van der Waals surface area contributed by atoms with Crippen LogP contribution in [0.15, 0.2) is 11.6 Å². The van der Waals surface area contributed by atoms with Gasteiger partial charge >= 0.3 is 5.97 Å². The lowest BCUT2D eigenvalue weighted by Crippen LogP contribution is -2.35. The number of carbonyl (C=O) groups excluding carboxylic acids is 1. The largest absolute Gasteiger partial charge is 0.459 e. The summed E-state index contributed by atoms with van der Waals surface area (Å²) < 4.78 is 11.9. The molecule has 0 bridgehead atoms. The monoisotopic (exact) mass is 349 g/mol. The Morgan fingerprint density at radius 2 is 2.16 bits per heavy atom. The molecule has 3 aliphatic rings. The first kappa shape index (κ1) is 18.9. The number of unbranched alkanes of at least 4 members (excludes halogenated alkanes) is 2. The highest BCUT2D eigenvalue weighted by Gasteiger charge is 2.62. The summed E-state index contributed by atoms with van der Waals surface area (Å²) in [5, 5.41) is 0. The second-order valence-corrected chi connectivity index (χ2v) is 8.62. The molecule has 0 saturated carbocycles. The van der Waals surface area contributed by atoms with Gasteiger partial charge in [0.25, 0.3) is 0 Å². The first-order valence-electron chi connectivity index (χ1n) is 10.2. The van der Waals surface area contributed by atoms with Crippen molar-refractivity contribution in [3.63, 3.8) is 0 Å². The van der Waals surface area contributed by atoms with E-state index >= 15 is 0 Å². The second kappa shape index (κ2) is 7.79. The summed E-state index contributed by atoms with van der Waals surface area (Å²) in [4.78, 5) is 15.0. The molecule has 3 rings (SSSR count). The van der Waals surface area contributed by atoms with Crippen molar-refractivity contribution in [1.82, 2.24) is 4.90 Å². The number of esters is 1. The number of hydrogen-bond donors (Lipinski definition) is 0. The third-order valence-electron chi connectivity index (χ3n) is 6.39. The van der Waals surface area contributed by atoms with Crippen LogP contribution in [0.2, 0.25) is 0 Å². The van der Waals surface area contributed by atoms with E-state index in [-0.39, 0.29) is 35.6 Å². The van der Waals surface area contributed by atoms with Crippen LogP contribution in [0.25, 0.3) is 0 Å². The minimum Gasteiger partial charge on any atom is -0.459 e. The fourth-order valence-corrected chi connectivity index (χ4v) is 4.61. The predicted molar refractivity (Wildman–Crippen MR) is 99.4 cm³/mol. The van der Waals surface area contributed by atoms with Gasteiger partial charge in [-0.1, -0.05) is 31.4 Å². The molecule has 4 nitrogen and oxygen atoms in total. The summed E-state index contributed by atoms with van der Waals surface area (Å²) in [6.45, 7) is 8.49. The van der Waals surface area contributed by atoms with Gasteiger partial charge in [0.05, 0.1) is 11.5 Å². The molecule has 0 N–H and O–H groups in total. The Morgan fingerprint density at radius 3 is 2.92 bits per heavy atom. The van der Waals surface area contributed by atoms with Crippen LogP contribution >= 0.6 is 0 Å². The molecule has 5 atom stereocenters. The fraction of sp³-hybridized carbons (Fsp3) is 0.857. The van der Waals surface area contributed by atoms with Crippen molar-refractivity contribution in [1.29, 1.82) is 0 Å². The number of rotatable bonds is 6. The SMILES string of the molecule is CCCCCN(C)C[C@@H]1C(=O)O[C@H]2[C@H]1CC/C(C)=C\CC[C@@]1(C)O[C@@H]21. The Bertz CT molecular complexity index is 517. The van der Waals surface area contributed by atoms with E-state index in [9.17, 15) is 4.79 Å². The molecule has 142 valence electrons. The molecule has 0 aromatic heterocycles. The van der Waals surface area contributed by atoms with Crippen LogP contribution in [-0.2, 0) is 14.3 Å². The number of nitrogens with zero attached hydrogens (tertiary/aromatic N) is 1. The van der Waals surface area contributed by atoms with E-state index in [1.165, 1.54) is 24.8 Å². The Kier molecular flexibility index (Phi) is 5.89. The predicted octanol–water partition coefficient (Wildman–Crippen LogP) is 3.94. The molecule has 0 aromatic rings. The third kappa shape index (κ3) is 4.28. The molecule has 0 spiro atoms. The molecule has 0 radical (unpaired) electrons. The second-order valence-electron chi connectivity index (χ2n) is 8.62. The van der Waals surface area contributed by atoms with Crippen LogP contribution in [0.5, 0.6) is 0 Å². The van der Waals surface area contributed by atoms with Gasteiger partial charge < -0.3 is 14.4 Å². The van der Waals surface area contributed by atoms with Crippen molar-refractivity contribution in [3.05, 3.63) is 11.6 Å². The van der Waals surface area contributed by atoms with Gasteiger partial charge in [-0.25, -0.2) is 0 Å². The minimum absolute atomic E-state index is 0.00250. The minimum atomic E-state index is -0.0980. The number of epoxide rings is 1. The zero-order valence-corrected chi connectivity index (χ0v) is 16.4. The van der Waals surface area contributed by atoms with Crippen molar-refractivity contribution < 1.29 is 14.3 Å². The Labute approximate surface area is 152 Å². The van der Waals surface area contributed by atoms with Gasteiger partial charge in [-0.2, -0.15) is 0 Å². The maximum Gasteiger partial charge on any atom is 0.311 e. The molecular formula is C21H35NO3. The molecule has 2 saturated heterocycles. The number of ether oxygens (including phenoxy) is 2. The van der Waals surface area contributed by atoms with Crippen LogP contribution < -0.4 is 0 Å². The summed E-state index contributed by atoms with van der Waals surface area (Å²) in [7, 11) is 2.14. The molecule has 2 fully saturated rings. The molecular weight excluding hydrogens is 314 g/mol. The number of hydrogen-bond acceptors (Lipinski definition) is 4. The summed E-state index contributed by atoms with van der Waals surface area (Å²) in [6, 6.07) is 0. The Balaban J connectivity index is 1.69.